The highest BCUT2D eigenvalue weighted by atomic mass is 19.4. The van der Waals surface area contributed by atoms with Crippen LogP contribution in [0.1, 0.15) is 61.4 Å². The number of benzene rings is 2. The number of hydrogen-bond acceptors (Lipinski definition) is 5. The second-order valence-corrected chi connectivity index (χ2v) is 7.61. The average Bonchev–Trinajstić information content (AvgIpc) is 2.80. The van der Waals surface area contributed by atoms with Crippen LogP contribution in [-0.4, -0.2) is 31.3 Å². The largest absolute Gasteiger partial charge is 0.493 e. The molecule has 0 aliphatic heterocycles. The van der Waals surface area contributed by atoms with Crippen molar-refractivity contribution in [3.8, 4) is 11.5 Å². The zero-order chi connectivity index (χ0) is 24.8. The van der Waals surface area contributed by atoms with Gasteiger partial charge in [0.15, 0.2) is 0 Å². The number of halogens is 3. The molecule has 184 valence electrons. The van der Waals surface area contributed by atoms with E-state index in [1.807, 2.05) is 0 Å². The molecule has 0 aliphatic rings. The number of esters is 2. The minimum Gasteiger partial charge on any atom is -0.493 e. The molecule has 0 aromatic heterocycles. The normalized spacial score (nSPS) is 11.4. The van der Waals surface area contributed by atoms with Crippen molar-refractivity contribution in [3.05, 3.63) is 65.7 Å². The fourth-order valence-electron chi connectivity index (χ4n) is 2.88. The molecule has 0 amide bonds. The first-order valence-corrected chi connectivity index (χ1v) is 11.2. The van der Waals surface area contributed by atoms with E-state index in [1.165, 1.54) is 43.2 Å². The minimum absolute atomic E-state index is 0.226. The number of alkyl halides is 3. The summed E-state index contributed by atoms with van der Waals surface area (Å²) in [5.74, 6) is -0.487. The van der Waals surface area contributed by atoms with Gasteiger partial charge < -0.3 is 14.2 Å². The summed E-state index contributed by atoms with van der Waals surface area (Å²) < 4.78 is 52.0. The summed E-state index contributed by atoms with van der Waals surface area (Å²) in [6.45, 7) is 2.06. The Labute approximate surface area is 197 Å². The molecule has 0 bridgehead atoms. The maximum absolute atomic E-state index is 12.3. The lowest BCUT2D eigenvalue weighted by atomic mass is 10.2. The third-order valence-corrected chi connectivity index (χ3v) is 4.74. The highest BCUT2D eigenvalue weighted by Gasteiger charge is 2.26. The SMILES string of the molecule is CCCCCCCOC(=O)C=Cc1ccc(OC(=O)c2ccc(OCCC(F)(F)F)cc2)cc1. The molecule has 0 radical (unpaired) electrons. The van der Waals surface area contributed by atoms with Gasteiger partial charge in [0, 0.05) is 6.08 Å². The van der Waals surface area contributed by atoms with Crippen LogP contribution < -0.4 is 9.47 Å². The summed E-state index contributed by atoms with van der Waals surface area (Å²) in [5.41, 5.74) is 0.963. The Kier molecular flexibility index (Phi) is 11.2. The van der Waals surface area contributed by atoms with Crippen molar-refractivity contribution in [3.63, 3.8) is 0 Å². The topological polar surface area (TPSA) is 61.8 Å². The highest BCUT2D eigenvalue weighted by Crippen LogP contribution is 2.21. The molecule has 5 nitrogen and oxygen atoms in total. The molecule has 0 spiro atoms. The average molecular weight is 479 g/mol. The minimum atomic E-state index is -4.29. The van der Waals surface area contributed by atoms with Gasteiger partial charge in [0.05, 0.1) is 25.2 Å². The van der Waals surface area contributed by atoms with Crippen LogP contribution in [0.3, 0.4) is 0 Å². The first kappa shape index (κ1) is 27.0. The molecule has 0 atom stereocenters. The van der Waals surface area contributed by atoms with Crippen LogP contribution in [0, 0.1) is 0 Å². The van der Waals surface area contributed by atoms with E-state index in [0.717, 1.165) is 24.8 Å². The van der Waals surface area contributed by atoms with E-state index in [9.17, 15) is 22.8 Å². The standard InChI is InChI=1S/C26H29F3O5/c1-2-3-4-5-6-18-33-24(30)16-9-20-7-12-23(13-8-20)34-25(31)21-10-14-22(15-11-21)32-19-17-26(27,28)29/h7-16H,2-6,17-19H2,1H3. The molecule has 0 saturated carbocycles. The van der Waals surface area contributed by atoms with E-state index in [-0.39, 0.29) is 11.3 Å². The first-order valence-electron chi connectivity index (χ1n) is 11.2. The van der Waals surface area contributed by atoms with E-state index in [0.29, 0.717) is 12.4 Å². The van der Waals surface area contributed by atoms with Crippen molar-refractivity contribution >= 4 is 18.0 Å². The number of rotatable bonds is 13. The van der Waals surface area contributed by atoms with Crippen molar-refractivity contribution in [2.75, 3.05) is 13.2 Å². The van der Waals surface area contributed by atoms with Crippen molar-refractivity contribution in [2.24, 2.45) is 0 Å². The van der Waals surface area contributed by atoms with Crippen LogP contribution in [-0.2, 0) is 9.53 Å². The Bertz CT molecular complexity index is 919. The highest BCUT2D eigenvalue weighted by molar-refractivity contribution is 5.91. The second kappa shape index (κ2) is 14.1. The number of carbonyl (C=O) groups is 2. The molecule has 2 aromatic carbocycles. The lowest BCUT2D eigenvalue weighted by Crippen LogP contribution is -2.13. The maximum Gasteiger partial charge on any atom is 0.392 e. The summed E-state index contributed by atoms with van der Waals surface area (Å²) in [6.07, 6.45) is 3.03. The fourth-order valence-corrected chi connectivity index (χ4v) is 2.88. The number of unbranched alkanes of at least 4 members (excludes halogenated alkanes) is 4. The molecule has 2 aromatic rings. The lowest BCUT2D eigenvalue weighted by Gasteiger charge is -2.09. The van der Waals surface area contributed by atoms with Crippen LogP contribution in [0.15, 0.2) is 54.6 Å². The number of hydrogen-bond donors (Lipinski definition) is 0. The Morgan fingerprint density at radius 1 is 0.853 bits per heavy atom. The van der Waals surface area contributed by atoms with E-state index in [4.69, 9.17) is 14.2 Å². The fraction of sp³-hybridized carbons (Fsp3) is 0.385. The van der Waals surface area contributed by atoms with Crippen LogP contribution in [0.4, 0.5) is 13.2 Å². The smallest absolute Gasteiger partial charge is 0.392 e. The lowest BCUT2D eigenvalue weighted by molar-refractivity contribution is -0.140. The monoisotopic (exact) mass is 478 g/mol. The molecule has 0 fully saturated rings. The van der Waals surface area contributed by atoms with Crippen LogP contribution in [0.5, 0.6) is 11.5 Å². The molecule has 0 aliphatic carbocycles. The van der Waals surface area contributed by atoms with Gasteiger partial charge in [-0.15, -0.1) is 0 Å². The van der Waals surface area contributed by atoms with Crippen LogP contribution >= 0.6 is 0 Å². The predicted molar refractivity (Wildman–Crippen MR) is 123 cm³/mol. The predicted octanol–water partition coefficient (Wildman–Crippen LogP) is 6.76. The number of ether oxygens (including phenoxy) is 3. The Balaban J connectivity index is 1.76. The molecule has 0 unspecified atom stereocenters. The molecule has 34 heavy (non-hydrogen) atoms. The summed E-state index contributed by atoms with van der Waals surface area (Å²) in [5, 5.41) is 0. The van der Waals surface area contributed by atoms with E-state index >= 15 is 0 Å². The van der Waals surface area contributed by atoms with Crippen molar-refractivity contribution in [1.82, 2.24) is 0 Å². The van der Waals surface area contributed by atoms with Gasteiger partial charge in [-0.25, -0.2) is 9.59 Å². The van der Waals surface area contributed by atoms with Crippen LogP contribution in [0.2, 0.25) is 0 Å². The maximum atomic E-state index is 12.3. The summed E-state index contributed by atoms with van der Waals surface area (Å²) >= 11 is 0. The quantitative estimate of drug-likeness (QED) is 0.138. The van der Waals surface area contributed by atoms with Crippen LogP contribution in [0.25, 0.3) is 6.08 Å². The summed E-state index contributed by atoms with van der Waals surface area (Å²) in [4.78, 5) is 24.0. The van der Waals surface area contributed by atoms with Crippen molar-refractivity contribution < 1.29 is 37.0 Å². The Hall–Kier alpha value is -3.29. The van der Waals surface area contributed by atoms with Gasteiger partial charge in [-0.2, -0.15) is 13.2 Å². The van der Waals surface area contributed by atoms with E-state index in [1.54, 1.807) is 30.3 Å². The zero-order valence-corrected chi connectivity index (χ0v) is 19.1. The molecular formula is C26H29F3O5. The zero-order valence-electron chi connectivity index (χ0n) is 19.1. The Morgan fingerprint density at radius 2 is 1.50 bits per heavy atom. The van der Waals surface area contributed by atoms with E-state index in [2.05, 4.69) is 6.92 Å². The van der Waals surface area contributed by atoms with Crippen molar-refractivity contribution in [1.29, 1.82) is 0 Å². The first-order chi connectivity index (χ1) is 16.3. The van der Waals surface area contributed by atoms with Crippen molar-refractivity contribution in [2.45, 2.75) is 51.6 Å². The third-order valence-electron chi connectivity index (χ3n) is 4.74. The Morgan fingerprint density at radius 3 is 2.15 bits per heavy atom. The van der Waals surface area contributed by atoms with Gasteiger partial charge in [0.1, 0.15) is 11.5 Å². The van der Waals surface area contributed by atoms with Gasteiger partial charge in [-0.05, 0) is 54.5 Å². The van der Waals surface area contributed by atoms with Gasteiger partial charge in [-0.3, -0.25) is 0 Å². The second-order valence-electron chi connectivity index (χ2n) is 7.61. The van der Waals surface area contributed by atoms with Gasteiger partial charge in [-0.1, -0.05) is 44.7 Å². The molecular weight excluding hydrogens is 449 g/mol. The molecule has 0 heterocycles. The summed E-state index contributed by atoms with van der Waals surface area (Å²) in [6, 6.07) is 12.2. The molecule has 0 saturated heterocycles. The molecule has 0 N–H and O–H groups in total. The van der Waals surface area contributed by atoms with E-state index < -0.39 is 31.1 Å². The van der Waals surface area contributed by atoms with Gasteiger partial charge in [0.2, 0.25) is 0 Å². The van der Waals surface area contributed by atoms with Gasteiger partial charge >= 0.3 is 18.1 Å². The third kappa shape index (κ3) is 11.0. The summed E-state index contributed by atoms with van der Waals surface area (Å²) in [7, 11) is 0. The molecule has 2 rings (SSSR count). The molecule has 8 heteroatoms. The number of carbonyl (C=O) groups excluding carboxylic acids is 2. The van der Waals surface area contributed by atoms with Gasteiger partial charge in [0.25, 0.3) is 0 Å².